The summed E-state index contributed by atoms with van der Waals surface area (Å²) in [4.78, 5) is 14.7. The quantitative estimate of drug-likeness (QED) is 0.827. The molecule has 0 aromatic heterocycles. The van der Waals surface area contributed by atoms with Gasteiger partial charge in [-0.1, -0.05) is 33.6 Å². The highest BCUT2D eigenvalue weighted by atomic mass is 79.9. The van der Waals surface area contributed by atoms with Gasteiger partial charge in [0.25, 0.3) is 5.91 Å². The van der Waals surface area contributed by atoms with Crippen molar-refractivity contribution in [3.05, 3.63) is 63.6 Å². The van der Waals surface area contributed by atoms with Crippen LogP contribution in [0.1, 0.15) is 40.9 Å². The van der Waals surface area contributed by atoms with E-state index < -0.39 is 6.10 Å². The topological polar surface area (TPSA) is 40.5 Å². The summed E-state index contributed by atoms with van der Waals surface area (Å²) in [6, 6.07) is 13.2. The van der Waals surface area contributed by atoms with E-state index in [0.29, 0.717) is 12.0 Å². The van der Waals surface area contributed by atoms with E-state index in [-0.39, 0.29) is 11.9 Å². The van der Waals surface area contributed by atoms with Crippen LogP contribution >= 0.6 is 15.9 Å². The molecule has 2 atom stereocenters. The average Bonchev–Trinajstić information content (AvgIpc) is 2.48. The van der Waals surface area contributed by atoms with Gasteiger partial charge in [-0.3, -0.25) is 4.79 Å². The molecule has 1 amide bonds. The Morgan fingerprint density at radius 1 is 1.23 bits per heavy atom. The number of anilines is 1. The normalized spacial score (nSPS) is 20.6. The SMILES string of the molecule is Cc1ccc2c(c1)C(O)CC(C)N2C(=O)c1ccc(Br)cc1. The first-order valence-corrected chi connectivity index (χ1v) is 8.14. The first kappa shape index (κ1) is 15.3. The van der Waals surface area contributed by atoms with E-state index in [4.69, 9.17) is 0 Å². The van der Waals surface area contributed by atoms with Gasteiger partial charge in [0.1, 0.15) is 0 Å². The summed E-state index contributed by atoms with van der Waals surface area (Å²) in [7, 11) is 0. The van der Waals surface area contributed by atoms with Gasteiger partial charge in [0.2, 0.25) is 0 Å². The maximum absolute atomic E-state index is 12.9. The molecule has 2 aromatic rings. The molecule has 0 bridgehead atoms. The molecule has 22 heavy (non-hydrogen) atoms. The number of benzene rings is 2. The predicted octanol–water partition coefficient (Wildman–Crippen LogP) is 4.23. The van der Waals surface area contributed by atoms with E-state index >= 15 is 0 Å². The average molecular weight is 360 g/mol. The number of nitrogens with zero attached hydrogens (tertiary/aromatic N) is 1. The van der Waals surface area contributed by atoms with E-state index in [2.05, 4.69) is 15.9 Å². The Bertz CT molecular complexity index is 712. The number of amides is 1. The summed E-state index contributed by atoms with van der Waals surface area (Å²) >= 11 is 3.39. The maximum Gasteiger partial charge on any atom is 0.258 e. The summed E-state index contributed by atoms with van der Waals surface area (Å²) in [5, 5.41) is 10.3. The molecule has 0 saturated carbocycles. The smallest absolute Gasteiger partial charge is 0.258 e. The van der Waals surface area contributed by atoms with Crippen LogP contribution in [0.4, 0.5) is 5.69 Å². The Hall–Kier alpha value is -1.65. The fraction of sp³-hybridized carbons (Fsp3) is 0.278. The number of hydrogen-bond donors (Lipinski definition) is 1. The lowest BCUT2D eigenvalue weighted by atomic mass is 9.92. The molecule has 2 unspecified atom stereocenters. The molecule has 1 N–H and O–H groups in total. The summed E-state index contributed by atoms with van der Waals surface area (Å²) in [5.74, 6) is -0.0306. The van der Waals surface area contributed by atoms with Crippen molar-refractivity contribution in [2.45, 2.75) is 32.4 Å². The number of aliphatic hydroxyl groups excluding tert-OH is 1. The van der Waals surface area contributed by atoms with Crippen LogP contribution in [0, 0.1) is 6.92 Å². The molecule has 0 spiro atoms. The zero-order valence-corrected chi connectivity index (χ0v) is 14.2. The third kappa shape index (κ3) is 2.69. The summed E-state index contributed by atoms with van der Waals surface area (Å²) in [6.07, 6.45) is 0.0393. The van der Waals surface area contributed by atoms with E-state index in [0.717, 1.165) is 21.3 Å². The molecular weight excluding hydrogens is 342 g/mol. The molecule has 3 rings (SSSR count). The lowest BCUT2D eigenvalue weighted by Crippen LogP contribution is -2.43. The third-order valence-electron chi connectivity index (χ3n) is 4.12. The molecule has 0 saturated heterocycles. The molecule has 114 valence electrons. The number of fused-ring (bicyclic) bond motifs is 1. The molecular formula is C18H18BrNO2. The van der Waals surface area contributed by atoms with Crippen molar-refractivity contribution in [2.24, 2.45) is 0 Å². The number of hydrogen-bond acceptors (Lipinski definition) is 2. The number of carbonyl (C=O) groups excluding carboxylic acids is 1. The van der Waals surface area contributed by atoms with Gasteiger partial charge >= 0.3 is 0 Å². The number of aryl methyl sites for hydroxylation is 1. The van der Waals surface area contributed by atoms with Crippen molar-refractivity contribution in [3.8, 4) is 0 Å². The third-order valence-corrected chi connectivity index (χ3v) is 4.65. The van der Waals surface area contributed by atoms with Crippen LogP contribution in [0.3, 0.4) is 0 Å². The van der Waals surface area contributed by atoms with Gasteiger partial charge in [0.05, 0.1) is 11.8 Å². The van der Waals surface area contributed by atoms with Gasteiger partial charge in [-0.2, -0.15) is 0 Å². The van der Waals surface area contributed by atoms with E-state index in [9.17, 15) is 9.90 Å². The Morgan fingerprint density at radius 3 is 2.59 bits per heavy atom. The van der Waals surface area contributed by atoms with E-state index in [1.165, 1.54) is 0 Å². The fourth-order valence-corrected chi connectivity index (χ4v) is 3.26. The summed E-state index contributed by atoms with van der Waals surface area (Å²) in [6.45, 7) is 3.97. The first-order valence-electron chi connectivity index (χ1n) is 7.35. The minimum Gasteiger partial charge on any atom is -0.388 e. The standard InChI is InChI=1S/C18H18BrNO2/c1-11-3-8-16-15(9-11)17(21)10-12(2)20(16)18(22)13-4-6-14(19)7-5-13/h3-9,12,17,21H,10H2,1-2H3. The van der Waals surface area contributed by atoms with Gasteiger partial charge in [-0.25, -0.2) is 0 Å². The van der Waals surface area contributed by atoms with Gasteiger partial charge < -0.3 is 10.0 Å². The molecule has 3 nitrogen and oxygen atoms in total. The van der Waals surface area contributed by atoms with Crippen LogP contribution in [0.2, 0.25) is 0 Å². The monoisotopic (exact) mass is 359 g/mol. The first-order chi connectivity index (χ1) is 10.5. The van der Waals surface area contributed by atoms with Crippen LogP contribution in [-0.4, -0.2) is 17.1 Å². The zero-order valence-electron chi connectivity index (χ0n) is 12.6. The van der Waals surface area contributed by atoms with Crippen LogP contribution in [0.25, 0.3) is 0 Å². The van der Waals surface area contributed by atoms with Crippen LogP contribution in [0.5, 0.6) is 0 Å². The lowest BCUT2D eigenvalue weighted by Gasteiger charge is -2.38. The minimum atomic E-state index is -0.515. The highest BCUT2D eigenvalue weighted by Gasteiger charge is 2.33. The highest BCUT2D eigenvalue weighted by Crippen LogP contribution is 2.38. The Balaban J connectivity index is 2.04. The second-order valence-corrected chi connectivity index (χ2v) is 6.76. The second kappa shape index (κ2) is 5.86. The van der Waals surface area contributed by atoms with Crippen molar-refractivity contribution in [1.82, 2.24) is 0 Å². The zero-order chi connectivity index (χ0) is 15.9. The summed E-state index contributed by atoms with van der Waals surface area (Å²) in [5.41, 5.74) is 3.38. The fourth-order valence-electron chi connectivity index (χ4n) is 2.99. The Labute approximate surface area is 138 Å². The largest absolute Gasteiger partial charge is 0.388 e. The van der Waals surface area contributed by atoms with Crippen molar-refractivity contribution in [3.63, 3.8) is 0 Å². The highest BCUT2D eigenvalue weighted by molar-refractivity contribution is 9.10. The molecule has 4 heteroatoms. The molecule has 0 aliphatic carbocycles. The second-order valence-electron chi connectivity index (χ2n) is 5.84. The minimum absolute atomic E-state index is 0.0306. The molecule has 1 heterocycles. The van der Waals surface area contributed by atoms with E-state index in [1.807, 2.05) is 56.3 Å². The Morgan fingerprint density at radius 2 is 1.91 bits per heavy atom. The van der Waals surface area contributed by atoms with E-state index in [1.54, 1.807) is 4.90 Å². The number of rotatable bonds is 1. The molecule has 0 fully saturated rings. The van der Waals surface area contributed by atoms with Crippen LogP contribution in [0.15, 0.2) is 46.9 Å². The van der Waals surface area contributed by atoms with Crippen molar-refractivity contribution in [1.29, 1.82) is 0 Å². The predicted molar refractivity (Wildman–Crippen MR) is 91.2 cm³/mol. The maximum atomic E-state index is 12.9. The van der Waals surface area contributed by atoms with Gasteiger partial charge in [-0.15, -0.1) is 0 Å². The number of carbonyl (C=O) groups is 1. The van der Waals surface area contributed by atoms with Gasteiger partial charge in [-0.05, 0) is 50.6 Å². The van der Waals surface area contributed by atoms with Crippen molar-refractivity contribution in [2.75, 3.05) is 4.90 Å². The van der Waals surface area contributed by atoms with Crippen molar-refractivity contribution >= 4 is 27.5 Å². The lowest BCUT2D eigenvalue weighted by molar-refractivity contribution is 0.0949. The van der Waals surface area contributed by atoms with Gasteiger partial charge in [0.15, 0.2) is 0 Å². The van der Waals surface area contributed by atoms with Gasteiger partial charge in [0, 0.05) is 21.6 Å². The Kier molecular flexibility index (Phi) is 4.06. The molecule has 1 aliphatic rings. The molecule has 1 aliphatic heterocycles. The number of halogens is 1. The van der Waals surface area contributed by atoms with Crippen molar-refractivity contribution < 1.29 is 9.90 Å². The van der Waals surface area contributed by atoms with Crippen LogP contribution < -0.4 is 4.90 Å². The summed E-state index contributed by atoms with van der Waals surface area (Å²) < 4.78 is 0.946. The number of aliphatic hydroxyl groups is 1. The van der Waals surface area contributed by atoms with Crippen LogP contribution in [-0.2, 0) is 0 Å². The molecule has 2 aromatic carbocycles. The molecule has 0 radical (unpaired) electrons.